The van der Waals surface area contributed by atoms with Gasteiger partial charge in [0.15, 0.2) is 0 Å². The minimum Gasteiger partial charge on any atom is -0.399 e. The zero-order valence-electron chi connectivity index (χ0n) is 7.51. The van der Waals surface area contributed by atoms with Crippen molar-refractivity contribution in [2.45, 2.75) is 0 Å². The van der Waals surface area contributed by atoms with E-state index in [-0.39, 0.29) is 0 Å². The van der Waals surface area contributed by atoms with Crippen molar-refractivity contribution in [3.63, 3.8) is 0 Å². The highest BCUT2D eigenvalue weighted by atomic mass is 14.8. The first-order valence-corrected chi connectivity index (χ1v) is 4.19. The first-order chi connectivity index (χ1) is 6.77. The molecule has 1 aromatic heterocycles. The number of nitrogen functional groups attached to an aromatic ring is 2. The zero-order valence-corrected chi connectivity index (χ0v) is 7.51. The van der Waals surface area contributed by atoms with Gasteiger partial charge in [-0.1, -0.05) is 0 Å². The summed E-state index contributed by atoms with van der Waals surface area (Å²) < 4.78 is 0. The molecule has 2 rings (SSSR count). The molecule has 1 aromatic carbocycles. The first kappa shape index (κ1) is 8.50. The molecule has 0 amide bonds. The van der Waals surface area contributed by atoms with Crippen LogP contribution in [0.2, 0.25) is 0 Å². The lowest BCUT2D eigenvalue weighted by Crippen LogP contribution is -1.94. The number of rotatable bonds is 1. The Bertz CT molecular complexity index is 439. The molecule has 0 spiro atoms. The van der Waals surface area contributed by atoms with Crippen molar-refractivity contribution in [2.24, 2.45) is 0 Å². The predicted molar refractivity (Wildman–Crippen MR) is 56.3 cm³/mol. The molecule has 0 saturated carbocycles. The van der Waals surface area contributed by atoms with Crippen LogP contribution < -0.4 is 11.5 Å². The topological polar surface area (TPSA) is 77.8 Å². The second-order valence-corrected chi connectivity index (χ2v) is 2.94. The summed E-state index contributed by atoms with van der Waals surface area (Å²) in [5.74, 6) is 0. The monoisotopic (exact) mass is 186 g/mol. The van der Waals surface area contributed by atoms with Crippen LogP contribution in [0.1, 0.15) is 0 Å². The maximum absolute atomic E-state index is 5.81. The van der Waals surface area contributed by atoms with Crippen LogP contribution in [-0.4, -0.2) is 9.97 Å². The Morgan fingerprint density at radius 3 is 2.64 bits per heavy atom. The molecule has 4 nitrogen and oxygen atoms in total. The number of aromatic nitrogens is 2. The average molecular weight is 186 g/mol. The number of hydrogen-bond acceptors (Lipinski definition) is 4. The van der Waals surface area contributed by atoms with Crippen LogP contribution in [0.5, 0.6) is 0 Å². The lowest BCUT2D eigenvalue weighted by atomic mass is 10.1. The van der Waals surface area contributed by atoms with Gasteiger partial charge in [-0.3, -0.25) is 0 Å². The van der Waals surface area contributed by atoms with E-state index in [0.29, 0.717) is 11.4 Å². The van der Waals surface area contributed by atoms with Crippen LogP contribution in [0.4, 0.5) is 11.4 Å². The summed E-state index contributed by atoms with van der Waals surface area (Å²) in [5.41, 5.74) is 14.4. The van der Waals surface area contributed by atoms with Gasteiger partial charge in [0.2, 0.25) is 0 Å². The smallest absolute Gasteiger partial charge is 0.116 e. The molecule has 0 fully saturated rings. The van der Waals surface area contributed by atoms with Crippen LogP contribution in [0.3, 0.4) is 0 Å². The van der Waals surface area contributed by atoms with Crippen molar-refractivity contribution in [1.29, 1.82) is 0 Å². The van der Waals surface area contributed by atoms with Crippen molar-refractivity contribution < 1.29 is 0 Å². The van der Waals surface area contributed by atoms with E-state index in [1.807, 2.05) is 0 Å². The lowest BCUT2D eigenvalue weighted by molar-refractivity contribution is 1.17. The van der Waals surface area contributed by atoms with Gasteiger partial charge < -0.3 is 11.5 Å². The quantitative estimate of drug-likeness (QED) is 0.658. The molecule has 4 N–H and O–H groups in total. The van der Waals surface area contributed by atoms with Crippen LogP contribution in [0, 0.1) is 0 Å². The molecule has 0 unspecified atom stereocenters. The highest BCUT2D eigenvalue weighted by Crippen LogP contribution is 2.25. The third-order valence-corrected chi connectivity index (χ3v) is 1.94. The van der Waals surface area contributed by atoms with E-state index in [2.05, 4.69) is 9.97 Å². The Hall–Kier alpha value is -2.10. The number of nitrogens with zero attached hydrogens (tertiary/aromatic N) is 2. The number of benzene rings is 1. The van der Waals surface area contributed by atoms with Crippen molar-refractivity contribution >= 4 is 11.4 Å². The van der Waals surface area contributed by atoms with Crippen LogP contribution in [-0.2, 0) is 0 Å². The van der Waals surface area contributed by atoms with Crippen LogP contribution >= 0.6 is 0 Å². The van der Waals surface area contributed by atoms with Gasteiger partial charge in [0.05, 0.1) is 5.69 Å². The molecule has 1 heterocycles. The third kappa shape index (κ3) is 1.50. The maximum Gasteiger partial charge on any atom is 0.116 e. The highest BCUT2D eigenvalue weighted by Gasteiger charge is 2.03. The van der Waals surface area contributed by atoms with E-state index in [0.717, 1.165) is 11.3 Å². The second kappa shape index (κ2) is 3.33. The van der Waals surface area contributed by atoms with E-state index < -0.39 is 0 Å². The minimum atomic E-state index is 0.665. The lowest BCUT2D eigenvalue weighted by Gasteiger charge is -2.04. The Labute approximate surface area is 81.6 Å². The van der Waals surface area contributed by atoms with Crippen LogP contribution in [0.25, 0.3) is 11.3 Å². The summed E-state index contributed by atoms with van der Waals surface area (Å²) in [6.45, 7) is 0. The largest absolute Gasteiger partial charge is 0.399 e. The summed E-state index contributed by atoms with van der Waals surface area (Å²) in [6.07, 6.45) is 3.16. The van der Waals surface area contributed by atoms with E-state index in [1.54, 1.807) is 30.5 Å². The summed E-state index contributed by atoms with van der Waals surface area (Å²) in [6, 6.07) is 7.13. The number of hydrogen-bond donors (Lipinski definition) is 2. The molecule has 70 valence electrons. The van der Waals surface area contributed by atoms with Gasteiger partial charge in [0.25, 0.3) is 0 Å². The van der Waals surface area contributed by atoms with Gasteiger partial charge in [-0.05, 0) is 24.3 Å². The molecule has 0 aliphatic heterocycles. The zero-order chi connectivity index (χ0) is 9.97. The molecule has 0 saturated heterocycles. The summed E-state index contributed by atoms with van der Waals surface area (Å²) in [7, 11) is 0. The first-order valence-electron chi connectivity index (χ1n) is 4.19. The normalized spacial score (nSPS) is 10.0. The average Bonchev–Trinajstić information content (AvgIpc) is 2.23. The second-order valence-electron chi connectivity index (χ2n) is 2.94. The Morgan fingerprint density at radius 2 is 1.93 bits per heavy atom. The third-order valence-electron chi connectivity index (χ3n) is 1.94. The van der Waals surface area contributed by atoms with Gasteiger partial charge in [-0.2, -0.15) is 0 Å². The van der Waals surface area contributed by atoms with Crippen molar-refractivity contribution in [1.82, 2.24) is 9.97 Å². The Kier molecular flexibility index (Phi) is 2.02. The van der Waals surface area contributed by atoms with E-state index in [4.69, 9.17) is 11.5 Å². The van der Waals surface area contributed by atoms with Gasteiger partial charge in [0, 0.05) is 23.1 Å². The highest BCUT2D eigenvalue weighted by molar-refractivity contribution is 5.76. The molecule has 0 aliphatic rings. The molecule has 0 radical (unpaired) electrons. The van der Waals surface area contributed by atoms with Crippen LogP contribution in [0.15, 0.2) is 36.8 Å². The fourth-order valence-corrected chi connectivity index (χ4v) is 1.25. The molecule has 0 aliphatic carbocycles. The molecule has 0 atom stereocenters. The summed E-state index contributed by atoms with van der Waals surface area (Å²) in [5, 5.41) is 0. The van der Waals surface area contributed by atoms with Gasteiger partial charge in [-0.15, -0.1) is 0 Å². The van der Waals surface area contributed by atoms with E-state index in [9.17, 15) is 0 Å². The van der Waals surface area contributed by atoms with Gasteiger partial charge >= 0.3 is 0 Å². The number of nitrogens with two attached hydrogens (primary N) is 2. The fraction of sp³-hybridized carbons (Fsp3) is 0. The molecule has 4 heteroatoms. The van der Waals surface area contributed by atoms with Crippen molar-refractivity contribution in [3.8, 4) is 11.3 Å². The van der Waals surface area contributed by atoms with Crippen molar-refractivity contribution in [3.05, 3.63) is 36.8 Å². The molecule has 0 bridgehead atoms. The Morgan fingerprint density at radius 1 is 1.07 bits per heavy atom. The fourth-order valence-electron chi connectivity index (χ4n) is 1.25. The van der Waals surface area contributed by atoms with Gasteiger partial charge in [0.1, 0.15) is 6.33 Å². The standard InChI is InChI=1S/C10H10N4/c11-7-1-2-9(12)8(5-7)10-3-4-13-6-14-10/h1-6H,11-12H2. The maximum atomic E-state index is 5.81. The predicted octanol–water partition coefficient (Wildman–Crippen LogP) is 1.31. The number of anilines is 2. The summed E-state index contributed by atoms with van der Waals surface area (Å²) in [4.78, 5) is 7.94. The van der Waals surface area contributed by atoms with E-state index >= 15 is 0 Å². The van der Waals surface area contributed by atoms with Gasteiger partial charge in [-0.25, -0.2) is 9.97 Å². The molecular formula is C10H10N4. The SMILES string of the molecule is Nc1ccc(N)c(-c2ccncn2)c1. The van der Waals surface area contributed by atoms with Crippen molar-refractivity contribution in [2.75, 3.05) is 11.5 Å². The Balaban J connectivity index is 2.57. The molecule has 2 aromatic rings. The van der Waals surface area contributed by atoms with E-state index in [1.165, 1.54) is 6.33 Å². The minimum absolute atomic E-state index is 0.665. The molecular weight excluding hydrogens is 176 g/mol. The summed E-state index contributed by atoms with van der Waals surface area (Å²) >= 11 is 0. The molecule has 14 heavy (non-hydrogen) atoms.